The van der Waals surface area contributed by atoms with Crippen LogP contribution in [0.1, 0.15) is 17.3 Å². The van der Waals surface area contributed by atoms with Crippen molar-refractivity contribution in [2.75, 3.05) is 0 Å². The van der Waals surface area contributed by atoms with Crippen LogP contribution in [0.15, 0.2) is 58.3 Å². The van der Waals surface area contributed by atoms with Gasteiger partial charge >= 0.3 is 0 Å². The van der Waals surface area contributed by atoms with E-state index in [0.29, 0.717) is 5.56 Å². The molecule has 0 saturated carbocycles. The summed E-state index contributed by atoms with van der Waals surface area (Å²) in [5.41, 5.74) is 0.443. The molecular weight excluding hydrogens is 267 g/mol. The van der Waals surface area contributed by atoms with Crippen molar-refractivity contribution in [1.82, 2.24) is 0 Å². The van der Waals surface area contributed by atoms with Gasteiger partial charge in [0.05, 0.1) is 9.79 Å². The van der Waals surface area contributed by atoms with Crippen LogP contribution in [-0.2, 0) is 9.84 Å². The van der Waals surface area contributed by atoms with Gasteiger partial charge in [0.25, 0.3) is 0 Å². The summed E-state index contributed by atoms with van der Waals surface area (Å²) in [6.45, 7) is 1.41. The van der Waals surface area contributed by atoms with E-state index in [0.717, 1.165) is 12.1 Å². The van der Waals surface area contributed by atoms with E-state index >= 15 is 0 Å². The van der Waals surface area contributed by atoms with E-state index in [1.807, 2.05) is 0 Å². The summed E-state index contributed by atoms with van der Waals surface area (Å²) < 4.78 is 37.2. The quantitative estimate of drug-likeness (QED) is 0.640. The minimum absolute atomic E-state index is 0.0180. The van der Waals surface area contributed by atoms with Crippen LogP contribution in [0.4, 0.5) is 4.39 Å². The van der Waals surface area contributed by atoms with Crippen molar-refractivity contribution in [3.63, 3.8) is 0 Å². The van der Waals surface area contributed by atoms with Gasteiger partial charge < -0.3 is 0 Å². The summed E-state index contributed by atoms with van der Waals surface area (Å²) in [7, 11) is -3.68. The molecule has 0 amide bonds. The molecule has 19 heavy (non-hydrogen) atoms. The van der Waals surface area contributed by atoms with Crippen molar-refractivity contribution in [2.45, 2.75) is 16.7 Å². The first-order valence-corrected chi connectivity index (χ1v) is 7.01. The summed E-state index contributed by atoms with van der Waals surface area (Å²) in [5.74, 6) is -0.628. The van der Waals surface area contributed by atoms with Crippen LogP contribution < -0.4 is 0 Å². The number of benzene rings is 2. The fraction of sp³-hybridized carbons (Fsp3) is 0.0714. The summed E-state index contributed by atoms with van der Waals surface area (Å²) >= 11 is 0. The van der Waals surface area contributed by atoms with E-state index < -0.39 is 15.7 Å². The molecule has 0 aliphatic carbocycles. The maximum atomic E-state index is 12.8. The minimum atomic E-state index is -3.68. The van der Waals surface area contributed by atoms with Crippen molar-refractivity contribution in [3.05, 3.63) is 59.9 Å². The van der Waals surface area contributed by atoms with Crippen molar-refractivity contribution < 1.29 is 17.6 Å². The Kier molecular flexibility index (Phi) is 3.48. The topological polar surface area (TPSA) is 51.2 Å². The number of carbonyl (C=O) groups excluding carboxylic acids is 1. The molecule has 0 aliphatic rings. The average Bonchev–Trinajstić information content (AvgIpc) is 2.39. The molecule has 0 unspecified atom stereocenters. The van der Waals surface area contributed by atoms with Gasteiger partial charge in [0.2, 0.25) is 9.84 Å². The van der Waals surface area contributed by atoms with E-state index in [1.165, 1.54) is 43.3 Å². The molecule has 2 rings (SSSR count). The molecule has 0 radical (unpaired) electrons. The maximum absolute atomic E-state index is 12.8. The Hall–Kier alpha value is -2.01. The van der Waals surface area contributed by atoms with Crippen molar-refractivity contribution in [1.29, 1.82) is 0 Å². The summed E-state index contributed by atoms with van der Waals surface area (Å²) in [5, 5.41) is 0. The van der Waals surface area contributed by atoms with Gasteiger partial charge in [-0.1, -0.05) is 12.1 Å². The second-order valence-corrected chi connectivity index (χ2v) is 5.99. The average molecular weight is 278 g/mol. The summed E-state index contributed by atoms with van der Waals surface area (Å²) in [6.07, 6.45) is 0. The molecule has 0 N–H and O–H groups in total. The first kappa shape index (κ1) is 13.4. The second-order valence-electron chi connectivity index (χ2n) is 4.04. The Labute approximate surface area is 110 Å². The van der Waals surface area contributed by atoms with Crippen molar-refractivity contribution in [3.8, 4) is 0 Å². The number of hydrogen-bond acceptors (Lipinski definition) is 3. The standard InChI is InChI=1S/C14H11FO3S/c1-10(16)11-2-6-13(7-3-11)19(17,18)14-8-4-12(15)5-9-14/h2-9H,1H3. The molecular formula is C14H11FO3S. The van der Waals surface area contributed by atoms with Crippen LogP contribution in [0.2, 0.25) is 0 Å². The van der Waals surface area contributed by atoms with Crippen LogP contribution in [0.5, 0.6) is 0 Å². The van der Waals surface area contributed by atoms with Crippen LogP contribution >= 0.6 is 0 Å². The third-order valence-electron chi connectivity index (χ3n) is 2.70. The minimum Gasteiger partial charge on any atom is -0.295 e. The molecule has 0 aliphatic heterocycles. The zero-order valence-corrected chi connectivity index (χ0v) is 10.9. The molecule has 0 bridgehead atoms. The smallest absolute Gasteiger partial charge is 0.206 e. The Bertz CT molecular complexity index is 701. The monoisotopic (exact) mass is 278 g/mol. The second kappa shape index (κ2) is 4.93. The lowest BCUT2D eigenvalue weighted by atomic mass is 10.2. The predicted octanol–water partition coefficient (Wildman–Crippen LogP) is 2.86. The zero-order chi connectivity index (χ0) is 14.0. The normalized spacial score (nSPS) is 11.3. The van der Waals surface area contributed by atoms with Crippen LogP contribution in [-0.4, -0.2) is 14.2 Å². The number of sulfone groups is 1. The number of rotatable bonds is 3. The summed E-state index contributed by atoms with van der Waals surface area (Å²) in [6, 6.07) is 10.3. The SMILES string of the molecule is CC(=O)c1ccc(S(=O)(=O)c2ccc(F)cc2)cc1. The Morgan fingerprint density at radius 2 is 1.32 bits per heavy atom. The molecule has 0 atom stereocenters. The highest BCUT2D eigenvalue weighted by molar-refractivity contribution is 7.91. The van der Waals surface area contributed by atoms with Crippen LogP contribution in [0.3, 0.4) is 0 Å². The molecule has 2 aromatic carbocycles. The highest BCUT2D eigenvalue weighted by Crippen LogP contribution is 2.21. The highest BCUT2D eigenvalue weighted by Gasteiger charge is 2.17. The van der Waals surface area contributed by atoms with E-state index in [9.17, 15) is 17.6 Å². The lowest BCUT2D eigenvalue weighted by molar-refractivity contribution is 0.101. The van der Waals surface area contributed by atoms with Crippen LogP contribution in [0.25, 0.3) is 0 Å². The highest BCUT2D eigenvalue weighted by atomic mass is 32.2. The Morgan fingerprint density at radius 1 is 0.895 bits per heavy atom. The number of halogens is 1. The predicted molar refractivity (Wildman–Crippen MR) is 68.3 cm³/mol. The van der Waals surface area contributed by atoms with Crippen molar-refractivity contribution >= 4 is 15.6 Å². The largest absolute Gasteiger partial charge is 0.295 e. The Morgan fingerprint density at radius 3 is 1.74 bits per heavy atom. The fourth-order valence-electron chi connectivity index (χ4n) is 1.62. The van der Waals surface area contributed by atoms with E-state index in [-0.39, 0.29) is 15.6 Å². The van der Waals surface area contributed by atoms with Gasteiger partial charge in [0.15, 0.2) is 5.78 Å². The lowest BCUT2D eigenvalue weighted by Gasteiger charge is -2.05. The molecule has 5 heteroatoms. The third-order valence-corrected chi connectivity index (χ3v) is 4.48. The molecule has 98 valence electrons. The van der Waals surface area contributed by atoms with Crippen molar-refractivity contribution in [2.24, 2.45) is 0 Å². The molecule has 0 aromatic heterocycles. The van der Waals surface area contributed by atoms with Gasteiger partial charge in [-0.15, -0.1) is 0 Å². The number of hydrogen-bond donors (Lipinski definition) is 0. The number of Topliss-reactive ketones (excluding diaryl/α,β-unsaturated/α-hetero) is 1. The molecule has 0 spiro atoms. The van der Waals surface area contributed by atoms with Gasteiger partial charge in [0.1, 0.15) is 5.82 Å². The van der Waals surface area contributed by atoms with Gasteiger partial charge in [-0.2, -0.15) is 0 Å². The van der Waals surface area contributed by atoms with Gasteiger partial charge in [-0.05, 0) is 43.3 Å². The fourth-order valence-corrected chi connectivity index (χ4v) is 2.88. The first-order valence-electron chi connectivity index (χ1n) is 5.53. The maximum Gasteiger partial charge on any atom is 0.206 e. The van der Waals surface area contributed by atoms with Gasteiger partial charge in [-0.25, -0.2) is 12.8 Å². The van der Waals surface area contributed by atoms with E-state index in [2.05, 4.69) is 0 Å². The van der Waals surface area contributed by atoms with Crippen LogP contribution in [0, 0.1) is 5.82 Å². The number of ketones is 1. The van der Waals surface area contributed by atoms with Gasteiger partial charge in [0, 0.05) is 5.56 Å². The molecule has 3 nitrogen and oxygen atoms in total. The van der Waals surface area contributed by atoms with E-state index in [1.54, 1.807) is 0 Å². The van der Waals surface area contributed by atoms with E-state index in [4.69, 9.17) is 0 Å². The van der Waals surface area contributed by atoms with Gasteiger partial charge in [-0.3, -0.25) is 4.79 Å². The summed E-state index contributed by atoms with van der Waals surface area (Å²) in [4.78, 5) is 11.2. The lowest BCUT2D eigenvalue weighted by Crippen LogP contribution is -2.02. The third kappa shape index (κ3) is 2.71. The Balaban J connectivity index is 2.44. The number of carbonyl (C=O) groups is 1. The first-order chi connectivity index (χ1) is 8.91. The zero-order valence-electron chi connectivity index (χ0n) is 10.1. The molecule has 0 fully saturated rings. The molecule has 0 saturated heterocycles. The molecule has 0 heterocycles. The molecule has 2 aromatic rings.